The van der Waals surface area contributed by atoms with Gasteiger partial charge < -0.3 is 4.74 Å². The molecule has 0 amide bonds. The second-order valence-electron chi connectivity index (χ2n) is 5.39. The third kappa shape index (κ3) is 3.14. The van der Waals surface area contributed by atoms with Gasteiger partial charge in [-0.1, -0.05) is 19.1 Å². The van der Waals surface area contributed by atoms with Crippen LogP contribution in [0.2, 0.25) is 0 Å². The van der Waals surface area contributed by atoms with Gasteiger partial charge in [0, 0.05) is 12.5 Å². The molecule has 2 atom stereocenters. The first kappa shape index (κ1) is 15.3. The molecule has 1 aliphatic carbocycles. The number of nitro groups is 1. The van der Waals surface area contributed by atoms with Crippen molar-refractivity contribution < 1.29 is 9.66 Å². The number of hydrogen-bond donors (Lipinski definition) is 1. The Morgan fingerprint density at radius 3 is 3.00 bits per heavy atom. The Morgan fingerprint density at radius 2 is 2.38 bits per heavy atom. The molecule has 1 aromatic carbocycles. The maximum absolute atomic E-state index is 11.1. The van der Waals surface area contributed by atoms with E-state index in [4.69, 9.17) is 4.74 Å². The van der Waals surface area contributed by atoms with E-state index in [9.17, 15) is 15.4 Å². The van der Waals surface area contributed by atoms with Gasteiger partial charge in [0.2, 0.25) is 0 Å². The molecule has 0 saturated heterocycles. The molecule has 0 aliphatic heterocycles. The number of nitriles is 1. The van der Waals surface area contributed by atoms with Gasteiger partial charge in [0.25, 0.3) is 0 Å². The van der Waals surface area contributed by atoms with Gasteiger partial charge in [0.15, 0.2) is 5.75 Å². The zero-order chi connectivity index (χ0) is 15.5. The van der Waals surface area contributed by atoms with Crippen LogP contribution in [0.3, 0.4) is 0 Å². The first-order chi connectivity index (χ1) is 10.0. The van der Waals surface area contributed by atoms with Crippen molar-refractivity contribution >= 4 is 5.69 Å². The van der Waals surface area contributed by atoms with Crippen LogP contribution in [0.4, 0.5) is 5.69 Å². The van der Waals surface area contributed by atoms with Crippen LogP contribution in [-0.4, -0.2) is 23.1 Å². The van der Waals surface area contributed by atoms with Crippen LogP contribution in [0.5, 0.6) is 5.75 Å². The molecule has 1 N–H and O–H groups in total. The highest BCUT2D eigenvalue weighted by atomic mass is 16.6. The molecular weight excluding hydrogens is 270 g/mol. The van der Waals surface area contributed by atoms with Crippen LogP contribution in [0.25, 0.3) is 0 Å². The standard InChI is InChI=1S/C15H19N3O3/c1-3-17-15(10-16)8-7-12(9-15)21-14-11(2)5-4-6-13(14)18(19)20/h4-6,12,17H,3,7-9H2,1-2H3. The predicted molar refractivity (Wildman–Crippen MR) is 78.1 cm³/mol. The Hall–Kier alpha value is -2.13. The van der Waals surface area contributed by atoms with E-state index in [0.29, 0.717) is 31.6 Å². The molecule has 0 spiro atoms. The summed E-state index contributed by atoms with van der Waals surface area (Å²) in [5.74, 6) is 0.317. The van der Waals surface area contributed by atoms with Crippen LogP contribution < -0.4 is 10.1 Å². The van der Waals surface area contributed by atoms with Crippen LogP contribution >= 0.6 is 0 Å². The summed E-state index contributed by atoms with van der Waals surface area (Å²) in [7, 11) is 0. The number of nitrogens with one attached hydrogen (secondary N) is 1. The van der Waals surface area contributed by atoms with Gasteiger partial charge in [-0.2, -0.15) is 5.26 Å². The topological polar surface area (TPSA) is 88.2 Å². The molecule has 1 aromatic rings. The molecule has 0 bridgehead atoms. The Kier molecular flexibility index (Phi) is 4.43. The number of para-hydroxylation sites is 1. The lowest BCUT2D eigenvalue weighted by Gasteiger charge is -2.22. The fourth-order valence-electron chi connectivity index (χ4n) is 2.84. The van der Waals surface area contributed by atoms with E-state index < -0.39 is 10.5 Å². The zero-order valence-corrected chi connectivity index (χ0v) is 12.3. The van der Waals surface area contributed by atoms with Crippen LogP contribution in [0, 0.1) is 28.4 Å². The van der Waals surface area contributed by atoms with E-state index in [1.54, 1.807) is 19.1 Å². The first-order valence-corrected chi connectivity index (χ1v) is 7.08. The molecule has 1 aliphatic rings. The summed E-state index contributed by atoms with van der Waals surface area (Å²) >= 11 is 0. The highest BCUT2D eigenvalue weighted by molar-refractivity contribution is 5.51. The monoisotopic (exact) mass is 289 g/mol. The molecule has 6 nitrogen and oxygen atoms in total. The molecule has 0 heterocycles. The van der Waals surface area contributed by atoms with E-state index in [1.165, 1.54) is 6.07 Å². The molecule has 6 heteroatoms. The largest absolute Gasteiger partial charge is 0.483 e. The van der Waals surface area contributed by atoms with Crippen LogP contribution in [0.15, 0.2) is 18.2 Å². The normalized spacial score (nSPS) is 24.5. The van der Waals surface area contributed by atoms with E-state index in [1.807, 2.05) is 6.92 Å². The van der Waals surface area contributed by atoms with Crippen molar-refractivity contribution in [3.8, 4) is 11.8 Å². The van der Waals surface area contributed by atoms with Crippen molar-refractivity contribution in [3.63, 3.8) is 0 Å². The average molecular weight is 289 g/mol. The lowest BCUT2D eigenvalue weighted by Crippen LogP contribution is -2.42. The minimum atomic E-state index is -0.573. The third-order valence-corrected chi connectivity index (χ3v) is 3.87. The summed E-state index contributed by atoms with van der Waals surface area (Å²) in [5.41, 5.74) is 0.145. The van der Waals surface area contributed by atoms with Crippen molar-refractivity contribution in [3.05, 3.63) is 33.9 Å². The minimum Gasteiger partial charge on any atom is -0.483 e. The van der Waals surface area contributed by atoms with Crippen molar-refractivity contribution in [2.75, 3.05) is 6.54 Å². The summed E-state index contributed by atoms with van der Waals surface area (Å²) in [6.07, 6.45) is 1.78. The van der Waals surface area contributed by atoms with Crippen LogP contribution in [-0.2, 0) is 0 Å². The number of nitrogens with zero attached hydrogens (tertiary/aromatic N) is 2. The second kappa shape index (κ2) is 6.10. The van der Waals surface area contributed by atoms with Gasteiger partial charge >= 0.3 is 5.69 Å². The smallest absolute Gasteiger partial charge is 0.311 e. The van der Waals surface area contributed by atoms with Crippen LogP contribution in [0.1, 0.15) is 31.7 Å². The lowest BCUT2D eigenvalue weighted by atomic mass is 10.00. The summed E-state index contributed by atoms with van der Waals surface area (Å²) in [6, 6.07) is 7.20. The van der Waals surface area contributed by atoms with Crippen molar-refractivity contribution in [2.45, 2.75) is 44.8 Å². The maximum atomic E-state index is 11.1. The molecule has 0 aromatic heterocycles. The number of hydrogen-bond acceptors (Lipinski definition) is 5. The van der Waals surface area contributed by atoms with E-state index in [-0.39, 0.29) is 11.8 Å². The van der Waals surface area contributed by atoms with Crippen molar-refractivity contribution in [1.29, 1.82) is 5.26 Å². The van der Waals surface area contributed by atoms with Crippen molar-refractivity contribution in [2.24, 2.45) is 0 Å². The molecule has 1 fully saturated rings. The Labute approximate surface area is 123 Å². The first-order valence-electron chi connectivity index (χ1n) is 7.08. The van der Waals surface area contributed by atoms with Gasteiger partial charge in [-0.05, 0) is 31.9 Å². The van der Waals surface area contributed by atoms with Crippen molar-refractivity contribution in [1.82, 2.24) is 5.32 Å². The zero-order valence-electron chi connectivity index (χ0n) is 12.3. The average Bonchev–Trinajstić information content (AvgIpc) is 2.85. The summed E-state index contributed by atoms with van der Waals surface area (Å²) in [4.78, 5) is 10.7. The van der Waals surface area contributed by atoms with E-state index in [2.05, 4.69) is 11.4 Å². The molecule has 2 rings (SSSR count). The van der Waals surface area contributed by atoms with E-state index >= 15 is 0 Å². The molecule has 1 saturated carbocycles. The Balaban J connectivity index is 2.18. The third-order valence-electron chi connectivity index (χ3n) is 3.87. The van der Waals surface area contributed by atoms with Gasteiger partial charge in [-0.15, -0.1) is 0 Å². The Bertz CT molecular complexity index is 582. The lowest BCUT2D eigenvalue weighted by molar-refractivity contribution is -0.386. The fraction of sp³-hybridized carbons (Fsp3) is 0.533. The number of aryl methyl sites for hydroxylation is 1. The highest BCUT2D eigenvalue weighted by Gasteiger charge is 2.40. The van der Waals surface area contributed by atoms with Gasteiger partial charge in [0.05, 0.1) is 11.0 Å². The van der Waals surface area contributed by atoms with E-state index in [0.717, 1.165) is 5.56 Å². The quantitative estimate of drug-likeness (QED) is 0.665. The SMILES string of the molecule is CCNC1(C#N)CCC(Oc2c(C)cccc2[N+](=O)[O-])C1. The molecule has 0 radical (unpaired) electrons. The second-order valence-corrected chi connectivity index (χ2v) is 5.39. The molecule has 2 unspecified atom stereocenters. The number of benzene rings is 1. The highest BCUT2D eigenvalue weighted by Crippen LogP contribution is 2.37. The number of nitro benzene ring substituents is 1. The minimum absolute atomic E-state index is 0.0205. The summed E-state index contributed by atoms with van der Waals surface area (Å²) in [5, 5.41) is 23.6. The Morgan fingerprint density at radius 1 is 1.62 bits per heavy atom. The predicted octanol–water partition coefficient (Wildman–Crippen LogP) is 2.71. The van der Waals surface area contributed by atoms with Gasteiger partial charge in [0.1, 0.15) is 11.6 Å². The summed E-state index contributed by atoms with van der Waals surface area (Å²) in [6.45, 7) is 4.46. The fourth-order valence-corrected chi connectivity index (χ4v) is 2.84. The molecule has 21 heavy (non-hydrogen) atoms. The maximum Gasteiger partial charge on any atom is 0.311 e. The van der Waals surface area contributed by atoms with Gasteiger partial charge in [-0.25, -0.2) is 0 Å². The summed E-state index contributed by atoms with van der Waals surface area (Å²) < 4.78 is 5.87. The molecule has 112 valence electrons. The van der Waals surface area contributed by atoms with Gasteiger partial charge in [-0.3, -0.25) is 15.4 Å². The number of rotatable bonds is 5. The number of ether oxygens (including phenoxy) is 1. The molecular formula is C15H19N3O3.